The molecule has 0 heterocycles. The molecule has 3 rings (SSSR count). The molecule has 33 heavy (non-hydrogen) atoms. The Labute approximate surface area is 203 Å². The number of phenolic OH excluding ortho intramolecular Hbond substituents is 1. The van der Waals surface area contributed by atoms with Crippen LogP contribution in [0.4, 0.5) is 0 Å². The van der Waals surface area contributed by atoms with Crippen molar-refractivity contribution in [3.8, 4) is 22.6 Å². The van der Waals surface area contributed by atoms with Crippen molar-refractivity contribution >= 4 is 35.4 Å². The van der Waals surface area contributed by atoms with E-state index >= 15 is 0 Å². The second-order valence-corrected chi connectivity index (χ2v) is 8.25. The number of nitrogens with zero attached hydrogens (tertiary/aromatic N) is 1. The fourth-order valence-corrected chi connectivity index (χ4v) is 4.06. The smallest absolute Gasteiger partial charge is 0.226 e. The van der Waals surface area contributed by atoms with Crippen LogP contribution in [0.25, 0.3) is 11.1 Å². The lowest BCUT2D eigenvalue weighted by molar-refractivity contribution is -0.130. The molecule has 0 aliphatic carbocycles. The van der Waals surface area contributed by atoms with Gasteiger partial charge in [-0.2, -0.15) is 0 Å². The van der Waals surface area contributed by atoms with Gasteiger partial charge in [0.25, 0.3) is 0 Å². The van der Waals surface area contributed by atoms with E-state index in [9.17, 15) is 14.7 Å². The number of aromatic hydroxyl groups is 1. The molecule has 0 saturated carbocycles. The van der Waals surface area contributed by atoms with Crippen LogP contribution in [0.1, 0.15) is 35.3 Å². The van der Waals surface area contributed by atoms with E-state index < -0.39 is 0 Å². The van der Waals surface area contributed by atoms with Gasteiger partial charge in [0.1, 0.15) is 18.1 Å². The highest BCUT2D eigenvalue weighted by Gasteiger charge is 2.14. The molecule has 1 amide bonds. The molecule has 0 aliphatic heterocycles. The topological polar surface area (TPSA) is 66.8 Å². The second-order valence-electron chi connectivity index (χ2n) is 7.47. The van der Waals surface area contributed by atoms with Gasteiger partial charge in [0, 0.05) is 30.3 Å². The summed E-state index contributed by atoms with van der Waals surface area (Å²) >= 11 is 12.9. The normalized spacial score (nSPS) is 10.7. The largest absolute Gasteiger partial charge is 0.507 e. The van der Waals surface area contributed by atoms with Gasteiger partial charge in [-0.25, -0.2) is 0 Å². The lowest BCUT2D eigenvalue weighted by Gasteiger charge is -2.19. The summed E-state index contributed by atoms with van der Waals surface area (Å²) in [6.07, 6.45) is 0.851. The molecule has 0 saturated heterocycles. The van der Waals surface area contributed by atoms with Crippen molar-refractivity contribution in [2.45, 2.75) is 26.9 Å². The minimum Gasteiger partial charge on any atom is -0.507 e. The van der Waals surface area contributed by atoms with Crippen molar-refractivity contribution in [2.24, 2.45) is 0 Å². The third-order valence-corrected chi connectivity index (χ3v) is 6.12. The number of likely N-dealkylation sites (N-methyl/N-ethyl adjacent to an activating group) is 1. The van der Waals surface area contributed by atoms with E-state index in [1.807, 2.05) is 61.2 Å². The minimum absolute atomic E-state index is 0.0890. The highest BCUT2D eigenvalue weighted by molar-refractivity contribution is 6.34. The zero-order valence-electron chi connectivity index (χ0n) is 18.5. The first-order chi connectivity index (χ1) is 15.9. The van der Waals surface area contributed by atoms with Crippen molar-refractivity contribution in [2.75, 3.05) is 13.1 Å². The number of carbonyl (C=O) groups excluding carboxylic acids is 2. The van der Waals surface area contributed by atoms with Gasteiger partial charge in [-0.3, -0.25) is 9.59 Å². The Morgan fingerprint density at radius 1 is 1.06 bits per heavy atom. The van der Waals surface area contributed by atoms with E-state index in [4.69, 9.17) is 27.9 Å². The number of aldehydes is 1. The van der Waals surface area contributed by atoms with Gasteiger partial charge >= 0.3 is 0 Å². The number of benzene rings is 3. The average Bonchev–Trinajstić information content (AvgIpc) is 2.81. The fraction of sp³-hybridized carbons (Fsp3) is 0.231. The van der Waals surface area contributed by atoms with Crippen LogP contribution in [0.5, 0.6) is 11.5 Å². The van der Waals surface area contributed by atoms with Crippen LogP contribution in [0, 0.1) is 0 Å². The van der Waals surface area contributed by atoms with Gasteiger partial charge in [0.05, 0.1) is 22.0 Å². The number of hydrogen-bond donors (Lipinski definition) is 1. The summed E-state index contributed by atoms with van der Waals surface area (Å²) in [6, 6.07) is 16.1. The van der Waals surface area contributed by atoms with Gasteiger partial charge in [-0.15, -0.1) is 0 Å². The van der Waals surface area contributed by atoms with Crippen molar-refractivity contribution in [1.82, 2.24) is 4.90 Å². The third-order valence-electron chi connectivity index (χ3n) is 5.38. The van der Waals surface area contributed by atoms with E-state index in [0.717, 1.165) is 22.3 Å². The van der Waals surface area contributed by atoms with Gasteiger partial charge < -0.3 is 14.7 Å². The number of halogens is 2. The van der Waals surface area contributed by atoms with E-state index in [2.05, 4.69) is 0 Å². The van der Waals surface area contributed by atoms with Crippen LogP contribution in [0.2, 0.25) is 10.0 Å². The monoisotopic (exact) mass is 485 g/mol. The zero-order chi connectivity index (χ0) is 24.0. The van der Waals surface area contributed by atoms with E-state index in [0.29, 0.717) is 30.8 Å². The standard InChI is InChI=1S/C26H25Cl2NO4/c1-3-29(4-2)25(32)12-17-7-5-8-18(11-17)21-10-6-9-19(26(21)28)16-33-24-14-23(31)20(15-30)13-22(24)27/h5-11,13-15,31H,3-4,12,16H2,1-2H3. The number of carbonyl (C=O) groups is 2. The van der Waals surface area contributed by atoms with Crippen LogP contribution in [0.15, 0.2) is 54.6 Å². The third kappa shape index (κ3) is 5.86. The minimum atomic E-state index is -0.208. The molecule has 0 atom stereocenters. The SMILES string of the molecule is CCN(CC)C(=O)Cc1cccc(-c2cccc(COc3cc(O)c(C=O)cc3Cl)c2Cl)c1. The molecular weight excluding hydrogens is 461 g/mol. The highest BCUT2D eigenvalue weighted by Crippen LogP contribution is 2.35. The Hall–Kier alpha value is -3.02. The lowest BCUT2D eigenvalue weighted by Crippen LogP contribution is -2.31. The fourth-order valence-electron chi connectivity index (χ4n) is 3.54. The van der Waals surface area contributed by atoms with Gasteiger partial charge in [0.15, 0.2) is 6.29 Å². The van der Waals surface area contributed by atoms with Gasteiger partial charge in [-0.1, -0.05) is 65.7 Å². The van der Waals surface area contributed by atoms with Crippen LogP contribution in [-0.4, -0.2) is 35.3 Å². The predicted molar refractivity (Wildman–Crippen MR) is 131 cm³/mol. The molecule has 7 heteroatoms. The second kappa shape index (κ2) is 11.2. The summed E-state index contributed by atoms with van der Waals surface area (Å²) in [4.78, 5) is 25.2. The van der Waals surface area contributed by atoms with Crippen molar-refractivity contribution in [1.29, 1.82) is 0 Å². The van der Waals surface area contributed by atoms with Gasteiger partial charge in [-0.05, 0) is 31.0 Å². The lowest BCUT2D eigenvalue weighted by atomic mass is 9.99. The molecule has 0 spiro atoms. The molecule has 172 valence electrons. The molecule has 0 aromatic heterocycles. The number of phenols is 1. The van der Waals surface area contributed by atoms with Gasteiger partial charge in [0.2, 0.25) is 5.91 Å². The summed E-state index contributed by atoms with van der Waals surface area (Å²) < 4.78 is 5.76. The first-order valence-corrected chi connectivity index (χ1v) is 11.4. The Bertz CT molecular complexity index is 1160. The molecule has 3 aromatic rings. The number of hydrogen-bond acceptors (Lipinski definition) is 4. The maximum atomic E-state index is 12.5. The summed E-state index contributed by atoms with van der Waals surface area (Å²) in [5, 5.41) is 10.6. The highest BCUT2D eigenvalue weighted by atomic mass is 35.5. The van der Waals surface area contributed by atoms with Crippen molar-refractivity contribution in [3.05, 3.63) is 81.3 Å². The van der Waals surface area contributed by atoms with Crippen LogP contribution in [-0.2, 0) is 17.8 Å². The summed E-state index contributed by atoms with van der Waals surface area (Å²) in [5.41, 5.74) is 3.46. The molecule has 0 radical (unpaired) electrons. The zero-order valence-corrected chi connectivity index (χ0v) is 20.0. The molecule has 0 unspecified atom stereocenters. The summed E-state index contributed by atoms with van der Waals surface area (Å²) in [7, 11) is 0. The van der Waals surface area contributed by atoms with Crippen molar-refractivity contribution < 1.29 is 19.4 Å². The Balaban J connectivity index is 1.81. The van der Waals surface area contributed by atoms with E-state index in [1.54, 1.807) is 0 Å². The molecule has 1 N–H and O–H groups in total. The summed E-state index contributed by atoms with van der Waals surface area (Å²) in [6.45, 7) is 5.42. The molecule has 0 aliphatic rings. The number of rotatable bonds is 9. The van der Waals surface area contributed by atoms with E-state index in [-0.39, 0.29) is 34.6 Å². The van der Waals surface area contributed by atoms with Crippen LogP contribution in [0.3, 0.4) is 0 Å². The molecule has 0 bridgehead atoms. The van der Waals surface area contributed by atoms with Crippen molar-refractivity contribution in [3.63, 3.8) is 0 Å². The van der Waals surface area contributed by atoms with Crippen LogP contribution >= 0.6 is 23.2 Å². The maximum Gasteiger partial charge on any atom is 0.226 e. The Morgan fingerprint density at radius 2 is 1.79 bits per heavy atom. The molecule has 3 aromatic carbocycles. The quantitative estimate of drug-likeness (QED) is 0.368. The number of amides is 1. The molecule has 0 fully saturated rings. The van der Waals surface area contributed by atoms with Crippen LogP contribution < -0.4 is 4.74 Å². The average molecular weight is 486 g/mol. The Kier molecular flexibility index (Phi) is 8.37. The maximum absolute atomic E-state index is 12.5. The predicted octanol–water partition coefficient (Wildman–Crippen LogP) is 6.17. The number of ether oxygens (including phenoxy) is 1. The molecule has 5 nitrogen and oxygen atoms in total. The summed E-state index contributed by atoms with van der Waals surface area (Å²) in [5.74, 6) is 0.129. The first kappa shape index (κ1) is 24.6. The Morgan fingerprint density at radius 3 is 2.48 bits per heavy atom. The van der Waals surface area contributed by atoms with E-state index in [1.165, 1.54) is 12.1 Å². The first-order valence-electron chi connectivity index (χ1n) is 10.6. The molecular formula is C26H25Cl2NO4.